The summed E-state index contributed by atoms with van der Waals surface area (Å²) in [5, 5.41) is 10.6. The van der Waals surface area contributed by atoms with Crippen molar-refractivity contribution in [2.75, 3.05) is 0 Å². The van der Waals surface area contributed by atoms with Crippen LogP contribution in [0.25, 0.3) is 0 Å². The van der Waals surface area contributed by atoms with E-state index >= 15 is 0 Å². The maximum atomic E-state index is 11.4. The highest BCUT2D eigenvalue weighted by molar-refractivity contribution is 7.99. The molecule has 0 aliphatic carbocycles. The molecule has 2 heterocycles. The molecule has 0 amide bonds. The molecule has 2 rings (SSSR count). The molecule has 2 aromatic heterocycles. The second-order valence-corrected chi connectivity index (χ2v) is 5.77. The Morgan fingerprint density at radius 1 is 1.37 bits per heavy atom. The van der Waals surface area contributed by atoms with Crippen molar-refractivity contribution in [2.45, 2.75) is 23.1 Å². The third kappa shape index (κ3) is 3.42. The topological polar surface area (TPSA) is 67.3 Å². The number of ketones is 1. The number of carbonyl (C=O) groups is 2. The van der Waals surface area contributed by atoms with Crippen LogP contribution in [-0.2, 0) is 0 Å². The second-order valence-electron chi connectivity index (χ2n) is 3.71. The van der Waals surface area contributed by atoms with Crippen LogP contribution in [0, 0.1) is 0 Å². The van der Waals surface area contributed by atoms with Gasteiger partial charge in [-0.1, -0.05) is 18.7 Å². The molecule has 0 atom stereocenters. The van der Waals surface area contributed by atoms with Crippen LogP contribution in [0.1, 0.15) is 33.5 Å². The van der Waals surface area contributed by atoms with Gasteiger partial charge in [-0.3, -0.25) is 9.78 Å². The Bertz CT molecular complexity index is 605. The summed E-state index contributed by atoms with van der Waals surface area (Å²) >= 11 is 2.62. The van der Waals surface area contributed by atoms with Crippen LogP contribution in [0.15, 0.2) is 39.6 Å². The number of carbonyl (C=O) groups excluding carboxylic acids is 1. The van der Waals surface area contributed by atoms with Gasteiger partial charge in [-0.15, -0.1) is 11.3 Å². The van der Waals surface area contributed by atoms with Crippen LogP contribution >= 0.6 is 23.1 Å². The van der Waals surface area contributed by atoms with Crippen molar-refractivity contribution in [1.82, 2.24) is 4.98 Å². The third-order valence-corrected chi connectivity index (χ3v) is 4.38. The van der Waals surface area contributed by atoms with Crippen LogP contribution in [0.3, 0.4) is 0 Å². The van der Waals surface area contributed by atoms with Gasteiger partial charge < -0.3 is 5.11 Å². The molecule has 0 bridgehead atoms. The minimum atomic E-state index is -0.918. The summed E-state index contributed by atoms with van der Waals surface area (Å²) in [6.07, 6.45) is 2.07. The minimum absolute atomic E-state index is 0.0141. The minimum Gasteiger partial charge on any atom is -0.477 e. The summed E-state index contributed by atoms with van der Waals surface area (Å²) in [6, 6.07) is 5.14. The summed E-state index contributed by atoms with van der Waals surface area (Å²) in [5.74, 6) is -0.904. The molecule has 0 saturated carbocycles. The van der Waals surface area contributed by atoms with Gasteiger partial charge >= 0.3 is 5.97 Å². The Morgan fingerprint density at radius 3 is 2.68 bits per heavy atom. The van der Waals surface area contributed by atoms with Crippen LogP contribution in [0.4, 0.5) is 0 Å². The lowest BCUT2D eigenvalue weighted by Crippen LogP contribution is -1.99. The Balaban J connectivity index is 2.10. The molecule has 0 fully saturated rings. The molecule has 1 N–H and O–H groups in total. The van der Waals surface area contributed by atoms with Crippen molar-refractivity contribution in [2.24, 2.45) is 0 Å². The summed E-state index contributed by atoms with van der Waals surface area (Å²) in [6.45, 7) is 1.80. The highest BCUT2D eigenvalue weighted by Gasteiger charge is 2.09. The Morgan fingerprint density at radius 2 is 2.16 bits per heavy atom. The van der Waals surface area contributed by atoms with Crippen LogP contribution < -0.4 is 0 Å². The van der Waals surface area contributed by atoms with Gasteiger partial charge in [-0.2, -0.15) is 0 Å². The fraction of sp³-hybridized carbons (Fsp3) is 0.154. The molecular formula is C13H11NO3S2. The number of carboxylic acid groups (broad SMARTS) is 1. The number of hydrogen-bond donors (Lipinski definition) is 1. The summed E-state index contributed by atoms with van der Waals surface area (Å²) in [5.41, 5.74) is 0.461. The standard InChI is InChI=1S/C13H11NO3S2/c1-2-11(15)10-4-3-8(6-14-10)19-9-5-12(13(16)17)18-7-9/h3-7H,2H2,1H3,(H,16,17). The van der Waals surface area contributed by atoms with Gasteiger partial charge in [0.05, 0.1) is 0 Å². The smallest absolute Gasteiger partial charge is 0.345 e. The first kappa shape index (κ1) is 13.8. The van der Waals surface area contributed by atoms with Crippen molar-refractivity contribution in [3.8, 4) is 0 Å². The molecule has 0 unspecified atom stereocenters. The SMILES string of the molecule is CCC(=O)c1ccc(Sc2csc(C(=O)O)c2)cn1. The van der Waals surface area contributed by atoms with Gasteiger partial charge in [-0.05, 0) is 18.2 Å². The van der Waals surface area contributed by atoms with Crippen LogP contribution in [0.5, 0.6) is 0 Å². The molecule has 6 heteroatoms. The van der Waals surface area contributed by atoms with Gasteiger partial charge in [0, 0.05) is 27.8 Å². The second kappa shape index (κ2) is 5.99. The third-order valence-electron chi connectivity index (χ3n) is 2.37. The quantitative estimate of drug-likeness (QED) is 0.853. The predicted octanol–water partition coefficient (Wildman–Crippen LogP) is 3.59. The molecule has 0 aliphatic heterocycles. The molecule has 2 aromatic rings. The fourth-order valence-corrected chi connectivity index (χ4v) is 3.12. The van der Waals surface area contributed by atoms with Gasteiger partial charge in [0.25, 0.3) is 0 Å². The highest BCUT2D eigenvalue weighted by Crippen LogP contribution is 2.31. The van der Waals surface area contributed by atoms with E-state index in [9.17, 15) is 9.59 Å². The highest BCUT2D eigenvalue weighted by atomic mass is 32.2. The van der Waals surface area contributed by atoms with Crippen LogP contribution in [0.2, 0.25) is 0 Å². The van der Waals surface area contributed by atoms with E-state index in [2.05, 4.69) is 4.98 Å². The molecule has 19 heavy (non-hydrogen) atoms. The summed E-state index contributed by atoms with van der Waals surface area (Å²) < 4.78 is 0. The number of aromatic nitrogens is 1. The van der Waals surface area contributed by atoms with Gasteiger partial charge in [0.2, 0.25) is 0 Å². The molecule has 0 aromatic carbocycles. The monoisotopic (exact) mass is 293 g/mol. The summed E-state index contributed by atoms with van der Waals surface area (Å²) in [7, 11) is 0. The van der Waals surface area contributed by atoms with Crippen LogP contribution in [-0.4, -0.2) is 21.8 Å². The molecule has 0 aliphatic rings. The lowest BCUT2D eigenvalue weighted by Gasteiger charge is -2.00. The first-order chi connectivity index (χ1) is 9.10. The lowest BCUT2D eigenvalue weighted by atomic mass is 10.2. The van der Waals surface area contributed by atoms with Crippen molar-refractivity contribution in [3.63, 3.8) is 0 Å². The predicted molar refractivity (Wildman–Crippen MR) is 74.3 cm³/mol. The van der Waals surface area contributed by atoms with E-state index in [1.54, 1.807) is 30.6 Å². The molecular weight excluding hydrogens is 282 g/mol. The number of carboxylic acids is 1. The number of thiophene rings is 1. The lowest BCUT2D eigenvalue weighted by molar-refractivity contribution is 0.0701. The maximum Gasteiger partial charge on any atom is 0.345 e. The zero-order chi connectivity index (χ0) is 13.8. The van der Waals surface area contributed by atoms with E-state index in [-0.39, 0.29) is 5.78 Å². The number of hydrogen-bond acceptors (Lipinski definition) is 5. The number of nitrogens with zero attached hydrogens (tertiary/aromatic N) is 1. The van der Waals surface area contributed by atoms with E-state index < -0.39 is 5.97 Å². The zero-order valence-corrected chi connectivity index (χ0v) is 11.8. The maximum absolute atomic E-state index is 11.4. The molecule has 0 spiro atoms. The average Bonchev–Trinajstić information content (AvgIpc) is 2.87. The number of pyridine rings is 1. The fourth-order valence-electron chi connectivity index (χ4n) is 1.41. The molecule has 4 nitrogen and oxygen atoms in total. The van der Waals surface area contributed by atoms with Crippen molar-refractivity contribution in [1.29, 1.82) is 0 Å². The number of Topliss-reactive ketones (excluding diaryl/α,β-unsaturated/α-hetero) is 1. The first-order valence-corrected chi connectivity index (χ1v) is 7.28. The van der Waals surface area contributed by atoms with E-state index in [0.717, 1.165) is 9.79 Å². The summed E-state index contributed by atoms with van der Waals surface area (Å²) in [4.78, 5) is 28.4. The first-order valence-electron chi connectivity index (χ1n) is 5.59. The van der Waals surface area contributed by atoms with E-state index in [4.69, 9.17) is 5.11 Å². The van der Waals surface area contributed by atoms with E-state index in [1.165, 1.54) is 23.1 Å². The van der Waals surface area contributed by atoms with E-state index in [1.807, 2.05) is 6.07 Å². The van der Waals surface area contributed by atoms with Crippen molar-refractivity contribution in [3.05, 3.63) is 40.3 Å². The van der Waals surface area contributed by atoms with E-state index in [0.29, 0.717) is 17.0 Å². The van der Waals surface area contributed by atoms with Gasteiger partial charge in [0.1, 0.15) is 10.6 Å². The average molecular weight is 293 g/mol. The van der Waals surface area contributed by atoms with Gasteiger partial charge in [0.15, 0.2) is 5.78 Å². The molecule has 98 valence electrons. The zero-order valence-electron chi connectivity index (χ0n) is 10.1. The number of rotatable bonds is 5. The normalized spacial score (nSPS) is 10.4. The van der Waals surface area contributed by atoms with Crippen molar-refractivity contribution < 1.29 is 14.7 Å². The Hall–Kier alpha value is -1.66. The van der Waals surface area contributed by atoms with Crippen molar-refractivity contribution >= 4 is 34.9 Å². The molecule has 0 radical (unpaired) electrons. The Kier molecular flexibility index (Phi) is 4.34. The largest absolute Gasteiger partial charge is 0.477 e. The Labute approximate surface area is 118 Å². The van der Waals surface area contributed by atoms with Gasteiger partial charge in [-0.25, -0.2) is 4.79 Å². The number of aromatic carboxylic acids is 1. The molecule has 0 saturated heterocycles.